The van der Waals surface area contributed by atoms with Crippen LogP contribution >= 0.6 is 15.9 Å². The Kier molecular flexibility index (Phi) is 3.93. The largest absolute Gasteiger partial charge is 0.469 e. The van der Waals surface area contributed by atoms with E-state index in [2.05, 4.69) is 25.9 Å². The Morgan fingerprint density at radius 2 is 2.05 bits per heavy atom. The van der Waals surface area contributed by atoms with Gasteiger partial charge in [0.15, 0.2) is 0 Å². The highest BCUT2D eigenvalue weighted by atomic mass is 79.9. The number of hydrogen-bond acceptors (Lipinski definition) is 5. The molecule has 6 nitrogen and oxygen atoms in total. The van der Waals surface area contributed by atoms with E-state index in [9.17, 15) is 4.79 Å². The van der Waals surface area contributed by atoms with Gasteiger partial charge in [-0.05, 0) is 36.7 Å². The molecule has 7 heteroatoms. The third-order valence-electron chi connectivity index (χ3n) is 2.38. The third-order valence-corrected chi connectivity index (χ3v) is 2.79. The van der Waals surface area contributed by atoms with Crippen LogP contribution in [-0.4, -0.2) is 45.8 Å². The van der Waals surface area contributed by atoms with E-state index in [1.54, 1.807) is 17.3 Å². The second kappa shape index (κ2) is 5.32. The average Bonchev–Trinajstić information content (AvgIpc) is 2.22. The molecule has 104 valence electrons. The van der Waals surface area contributed by atoms with Crippen LogP contribution in [-0.2, 0) is 4.74 Å². The number of hydrogen-bond donors (Lipinski definition) is 0. The van der Waals surface area contributed by atoms with Gasteiger partial charge in [-0.25, -0.2) is 14.8 Å². The molecule has 1 aromatic heterocycles. The van der Waals surface area contributed by atoms with Gasteiger partial charge in [-0.2, -0.15) is 0 Å². The lowest BCUT2D eigenvalue weighted by molar-refractivity contribution is -0.0233. The van der Waals surface area contributed by atoms with Gasteiger partial charge >= 0.3 is 6.09 Å². The second-order valence-electron chi connectivity index (χ2n) is 5.30. The number of halogens is 1. The van der Waals surface area contributed by atoms with Crippen molar-refractivity contribution in [1.29, 1.82) is 0 Å². The maximum absolute atomic E-state index is 11.7. The van der Waals surface area contributed by atoms with Gasteiger partial charge in [-0.3, -0.25) is 0 Å². The Bertz CT molecular complexity index is 452. The molecule has 0 spiro atoms. The monoisotopic (exact) mass is 329 g/mol. The standard InChI is InChI=1S/C12H16BrN3O3/c1-12(2,3)19-11(17)16-6-8(7-16)18-10-5-14-9(13)4-15-10/h4-5,8H,6-7H2,1-3H3. The van der Waals surface area contributed by atoms with Crippen molar-refractivity contribution in [2.75, 3.05) is 13.1 Å². The number of rotatable bonds is 2. The molecule has 0 saturated carbocycles. The van der Waals surface area contributed by atoms with Crippen LogP contribution in [0.2, 0.25) is 0 Å². The summed E-state index contributed by atoms with van der Waals surface area (Å²) in [6.07, 6.45) is 2.75. The second-order valence-corrected chi connectivity index (χ2v) is 6.12. The number of carbonyl (C=O) groups is 1. The minimum absolute atomic E-state index is 0.0528. The van der Waals surface area contributed by atoms with Crippen LogP contribution in [0.4, 0.5) is 4.79 Å². The molecule has 1 fully saturated rings. The van der Waals surface area contributed by atoms with Crippen LogP contribution in [0, 0.1) is 0 Å². The summed E-state index contributed by atoms with van der Waals surface area (Å²) >= 11 is 3.20. The number of aromatic nitrogens is 2. The highest BCUT2D eigenvalue weighted by Gasteiger charge is 2.35. The predicted octanol–water partition coefficient (Wildman–Crippen LogP) is 2.24. The van der Waals surface area contributed by atoms with Crippen molar-refractivity contribution in [3.8, 4) is 5.88 Å². The van der Waals surface area contributed by atoms with E-state index in [-0.39, 0.29) is 12.2 Å². The van der Waals surface area contributed by atoms with Crippen molar-refractivity contribution in [3.63, 3.8) is 0 Å². The average molecular weight is 330 g/mol. The van der Waals surface area contributed by atoms with Crippen molar-refractivity contribution < 1.29 is 14.3 Å². The molecule has 19 heavy (non-hydrogen) atoms. The van der Waals surface area contributed by atoms with Gasteiger partial charge in [0.05, 0.1) is 25.5 Å². The number of ether oxygens (including phenoxy) is 2. The van der Waals surface area contributed by atoms with E-state index < -0.39 is 5.60 Å². The first-order valence-electron chi connectivity index (χ1n) is 5.95. The fraction of sp³-hybridized carbons (Fsp3) is 0.583. The minimum atomic E-state index is -0.472. The lowest BCUT2D eigenvalue weighted by atomic mass is 10.2. The number of carbonyl (C=O) groups excluding carboxylic acids is 1. The SMILES string of the molecule is CC(C)(C)OC(=O)N1CC(Oc2cnc(Br)cn2)C1. The van der Waals surface area contributed by atoms with Crippen molar-refractivity contribution in [2.45, 2.75) is 32.5 Å². The molecule has 0 bridgehead atoms. The van der Waals surface area contributed by atoms with Crippen LogP contribution < -0.4 is 4.74 Å². The topological polar surface area (TPSA) is 64.5 Å². The maximum Gasteiger partial charge on any atom is 0.410 e. The van der Waals surface area contributed by atoms with Crippen molar-refractivity contribution in [3.05, 3.63) is 17.0 Å². The van der Waals surface area contributed by atoms with Gasteiger partial charge in [0.1, 0.15) is 16.3 Å². The maximum atomic E-state index is 11.7. The van der Waals surface area contributed by atoms with E-state index in [0.717, 1.165) is 0 Å². The third kappa shape index (κ3) is 4.05. The molecule has 2 rings (SSSR count). The smallest absolute Gasteiger partial charge is 0.410 e. The molecule has 2 heterocycles. The number of likely N-dealkylation sites (tertiary alicyclic amines) is 1. The Morgan fingerprint density at radius 1 is 1.37 bits per heavy atom. The summed E-state index contributed by atoms with van der Waals surface area (Å²) in [5.74, 6) is 0.456. The molecule has 0 unspecified atom stereocenters. The first-order chi connectivity index (χ1) is 8.83. The van der Waals surface area contributed by atoms with Gasteiger partial charge in [0.25, 0.3) is 0 Å². The summed E-state index contributed by atoms with van der Waals surface area (Å²) in [6.45, 7) is 6.54. The molecular formula is C12H16BrN3O3. The zero-order chi connectivity index (χ0) is 14.0. The summed E-state index contributed by atoms with van der Waals surface area (Å²) in [5, 5.41) is 0. The zero-order valence-corrected chi connectivity index (χ0v) is 12.7. The van der Waals surface area contributed by atoms with E-state index >= 15 is 0 Å². The first-order valence-corrected chi connectivity index (χ1v) is 6.75. The lowest BCUT2D eigenvalue weighted by Crippen LogP contribution is -2.57. The van der Waals surface area contributed by atoms with Crippen LogP contribution in [0.15, 0.2) is 17.0 Å². The van der Waals surface area contributed by atoms with E-state index in [1.165, 1.54) is 0 Å². The van der Waals surface area contributed by atoms with Gasteiger partial charge in [0.2, 0.25) is 5.88 Å². The Balaban J connectivity index is 1.77. The van der Waals surface area contributed by atoms with Crippen LogP contribution in [0.3, 0.4) is 0 Å². The minimum Gasteiger partial charge on any atom is -0.469 e. The summed E-state index contributed by atoms with van der Waals surface area (Å²) in [6, 6.07) is 0. The van der Waals surface area contributed by atoms with Gasteiger partial charge < -0.3 is 14.4 Å². The highest BCUT2D eigenvalue weighted by Crippen LogP contribution is 2.19. The predicted molar refractivity (Wildman–Crippen MR) is 72.0 cm³/mol. The fourth-order valence-corrected chi connectivity index (χ4v) is 1.73. The van der Waals surface area contributed by atoms with Gasteiger partial charge in [0, 0.05) is 0 Å². The van der Waals surface area contributed by atoms with Gasteiger partial charge in [-0.1, -0.05) is 0 Å². The molecule has 0 N–H and O–H groups in total. The van der Waals surface area contributed by atoms with Gasteiger partial charge in [-0.15, -0.1) is 0 Å². The molecule has 0 aromatic carbocycles. The Labute approximate surface area is 120 Å². The molecule has 0 radical (unpaired) electrons. The van der Waals surface area contributed by atoms with E-state index in [1.807, 2.05) is 20.8 Å². The molecule has 1 aliphatic heterocycles. The molecule has 1 aliphatic rings. The zero-order valence-electron chi connectivity index (χ0n) is 11.1. The lowest BCUT2D eigenvalue weighted by Gasteiger charge is -2.39. The molecule has 0 atom stereocenters. The summed E-state index contributed by atoms with van der Waals surface area (Å²) in [4.78, 5) is 21.4. The van der Waals surface area contributed by atoms with Crippen molar-refractivity contribution in [2.24, 2.45) is 0 Å². The van der Waals surface area contributed by atoms with Crippen molar-refractivity contribution in [1.82, 2.24) is 14.9 Å². The molecule has 0 aliphatic carbocycles. The summed E-state index contributed by atoms with van der Waals surface area (Å²) in [7, 11) is 0. The van der Waals surface area contributed by atoms with E-state index in [4.69, 9.17) is 9.47 Å². The number of amides is 1. The van der Waals surface area contributed by atoms with Crippen molar-refractivity contribution >= 4 is 22.0 Å². The van der Waals surface area contributed by atoms with Crippen LogP contribution in [0.5, 0.6) is 5.88 Å². The molecule has 1 saturated heterocycles. The van der Waals surface area contributed by atoms with Crippen LogP contribution in [0.25, 0.3) is 0 Å². The highest BCUT2D eigenvalue weighted by molar-refractivity contribution is 9.10. The molecule has 1 amide bonds. The normalized spacial score (nSPS) is 15.9. The summed E-state index contributed by atoms with van der Waals surface area (Å²) in [5.41, 5.74) is -0.472. The molecule has 1 aromatic rings. The summed E-state index contributed by atoms with van der Waals surface area (Å²) < 4.78 is 11.5. The fourth-order valence-electron chi connectivity index (χ4n) is 1.52. The Morgan fingerprint density at radius 3 is 2.58 bits per heavy atom. The number of nitrogens with zero attached hydrogens (tertiary/aromatic N) is 3. The Hall–Kier alpha value is -1.37. The quantitative estimate of drug-likeness (QED) is 0.832. The molecular weight excluding hydrogens is 314 g/mol. The van der Waals surface area contributed by atoms with E-state index in [0.29, 0.717) is 23.6 Å². The first kappa shape index (κ1) is 14.0. The van der Waals surface area contributed by atoms with Crippen LogP contribution in [0.1, 0.15) is 20.8 Å².